The highest BCUT2D eigenvalue weighted by Gasteiger charge is 2.27. The summed E-state index contributed by atoms with van der Waals surface area (Å²) >= 11 is 1.82. The summed E-state index contributed by atoms with van der Waals surface area (Å²) in [6, 6.07) is 8.36. The number of para-hydroxylation sites is 1. The molecule has 142 valence electrons. The molecule has 1 aromatic heterocycles. The number of piperidine rings is 1. The summed E-state index contributed by atoms with van der Waals surface area (Å²) in [5, 5.41) is 1.26. The van der Waals surface area contributed by atoms with Crippen LogP contribution < -0.4 is 0 Å². The minimum Gasteiger partial charge on any atom is -0.339 e. The fourth-order valence-corrected chi connectivity index (χ4v) is 5.11. The van der Waals surface area contributed by atoms with Gasteiger partial charge in [-0.2, -0.15) is 0 Å². The molecule has 1 aromatic carbocycles. The van der Waals surface area contributed by atoms with Crippen LogP contribution >= 0.6 is 11.3 Å². The maximum absolute atomic E-state index is 12.6. The number of nitrogens with zero attached hydrogens (tertiary/aromatic N) is 4. The number of fused-ring (bicyclic) bond motifs is 1. The fraction of sp³-hybridized carbons (Fsp3) is 0.524. The molecule has 0 aliphatic carbocycles. The van der Waals surface area contributed by atoms with E-state index >= 15 is 0 Å². The van der Waals surface area contributed by atoms with Crippen LogP contribution in [0.25, 0.3) is 10.2 Å². The molecule has 1 amide bonds. The number of piperazine rings is 1. The van der Waals surface area contributed by atoms with Gasteiger partial charge in [0.1, 0.15) is 0 Å². The Bertz CT molecular complexity index is 793. The molecule has 0 N–H and O–H groups in total. The van der Waals surface area contributed by atoms with Crippen LogP contribution in [0.1, 0.15) is 23.8 Å². The van der Waals surface area contributed by atoms with Gasteiger partial charge in [0, 0.05) is 32.1 Å². The van der Waals surface area contributed by atoms with Gasteiger partial charge in [0.2, 0.25) is 5.91 Å². The Hall–Kier alpha value is -1.94. The molecule has 4 rings (SSSR count). The molecule has 2 aliphatic rings. The first-order valence-corrected chi connectivity index (χ1v) is 10.6. The lowest BCUT2D eigenvalue weighted by molar-refractivity contribution is -0.134. The third kappa shape index (κ3) is 4.32. The van der Waals surface area contributed by atoms with Crippen molar-refractivity contribution >= 4 is 27.5 Å². The minimum absolute atomic E-state index is 0.258. The molecule has 27 heavy (non-hydrogen) atoms. The van der Waals surface area contributed by atoms with Crippen molar-refractivity contribution in [1.29, 1.82) is 0 Å². The molecule has 2 fully saturated rings. The van der Waals surface area contributed by atoms with E-state index in [1.807, 2.05) is 22.3 Å². The first-order chi connectivity index (χ1) is 13.2. The number of benzene rings is 1. The van der Waals surface area contributed by atoms with E-state index in [0.29, 0.717) is 19.0 Å². The lowest BCUT2D eigenvalue weighted by Gasteiger charge is -2.36. The highest BCUT2D eigenvalue weighted by atomic mass is 32.1. The standard InChI is InChI=1S/C21H26N4OS/c1-2-9-23-12-14-25(15-13-23)20(26)16-24-10-7-17(8-11-24)21-22-18-5-3-4-6-19(18)27-21/h1,3-6,17H,7-16H2. The van der Waals surface area contributed by atoms with Gasteiger partial charge in [0.15, 0.2) is 0 Å². The monoisotopic (exact) mass is 382 g/mol. The maximum atomic E-state index is 12.6. The molecule has 3 heterocycles. The van der Waals surface area contributed by atoms with Crippen molar-refractivity contribution in [2.75, 3.05) is 52.4 Å². The number of carbonyl (C=O) groups is 1. The van der Waals surface area contributed by atoms with Gasteiger partial charge in [-0.25, -0.2) is 4.98 Å². The number of carbonyl (C=O) groups excluding carboxylic acids is 1. The molecule has 0 unspecified atom stereocenters. The summed E-state index contributed by atoms with van der Waals surface area (Å²) in [6.07, 6.45) is 7.54. The van der Waals surface area contributed by atoms with Gasteiger partial charge in [-0.3, -0.25) is 14.6 Å². The van der Waals surface area contributed by atoms with E-state index in [-0.39, 0.29) is 5.91 Å². The number of hydrogen-bond donors (Lipinski definition) is 0. The summed E-state index contributed by atoms with van der Waals surface area (Å²) in [7, 11) is 0. The van der Waals surface area contributed by atoms with E-state index in [1.54, 1.807) is 0 Å². The summed E-state index contributed by atoms with van der Waals surface area (Å²) in [4.78, 5) is 24.0. The Morgan fingerprint density at radius 3 is 2.56 bits per heavy atom. The Morgan fingerprint density at radius 1 is 1.11 bits per heavy atom. The summed E-state index contributed by atoms with van der Waals surface area (Å²) < 4.78 is 1.27. The van der Waals surface area contributed by atoms with Crippen molar-refractivity contribution in [1.82, 2.24) is 19.7 Å². The molecule has 2 aromatic rings. The molecule has 0 bridgehead atoms. The van der Waals surface area contributed by atoms with Gasteiger partial charge < -0.3 is 4.90 Å². The average Bonchev–Trinajstić information content (AvgIpc) is 3.13. The fourth-order valence-electron chi connectivity index (χ4n) is 3.98. The summed E-state index contributed by atoms with van der Waals surface area (Å²) in [6.45, 7) is 6.53. The quantitative estimate of drug-likeness (QED) is 0.761. The third-order valence-corrected chi connectivity index (χ3v) is 6.84. The predicted octanol–water partition coefficient (Wildman–Crippen LogP) is 2.25. The number of amides is 1. The number of terminal acetylenes is 1. The van der Waals surface area contributed by atoms with Gasteiger partial charge in [0.25, 0.3) is 0 Å². The van der Waals surface area contributed by atoms with E-state index in [0.717, 1.165) is 57.6 Å². The zero-order valence-corrected chi connectivity index (χ0v) is 16.5. The molecule has 0 spiro atoms. The summed E-state index contributed by atoms with van der Waals surface area (Å²) in [5.74, 6) is 3.47. The lowest BCUT2D eigenvalue weighted by Crippen LogP contribution is -2.51. The Morgan fingerprint density at radius 2 is 1.85 bits per heavy atom. The van der Waals surface area contributed by atoms with Crippen molar-refractivity contribution < 1.29 is 4.79 Å². The molecular weight excluding hydrogens is 356 g/mol. The van der Waals surface area contributed by atoms with Crippen LogP contribution in [0.3, 0.4) is 0 Å². The van der Waals surface area contributed by atoms with Crippen LogP contribution in [0.15, 0.2) is 24.3 Å². The molecule has 2 saturated heterocycles. The van der Waals surface area contributed by atoms with Crippen molar-refractivity contribution in [3.05, 3.63) is 29.3 Å². The van der Waals surface area contributed by atoms with Crippen molar-refractivity contribution in [2.45, 2.75) is 18.8 Å². The average molecular weight is 383 g/mol. The largest absolute Gasteiger partial charge is 0.339 e. The van der Waals surface area contributed by atoms with Crippen molar-refractivity contribution in [2.24, 2.45) is 0 Å². The van der Waals surface area contributed by atoms with Crippen LogP contribution in [0, 0.1) is 12.3 Å². The van der Waals surface area contributed by atoms with E-state index in [9.17, 15) is 4.79 Å². The number of hydrogen-bond acceptors (Lipinski definition) is 5. The van der Waals surface area contributed by atoms with E-state index in [1.165, 1.54) is 9.71 Å². The smallest absolute Gasteiger partial charge is 0.236 e. The third-order valence-electron chi connectivity index (χ3n) is 5.65. The van der Waals surface area contributed by atoms with E-state index in [4.69, 9.17) is 11.4 Å². The minimum atomic E-state index is 0.258. The molecule has 0 saturated carbocycles. The highest BCUT2D eigenvalue weighted by Crippen LogP contribution is 2.33. The normalized spacial score (nSPS) is 20.0. The Balaban J connectivity index is 1.26. The Labute approximate surface area is 165 Å². The van der Waals surface area contributed by atoms with E-state index in [2.05, 4.69) is 33.9 Å². The van der Waals surface area contributed by atoms with Gasteiger partial charge in [-0.15, -0.1) is 17.8 Å². The van der Waals surface area contributed by atoms with Crippen LogP contribution in [-0.4, -0.2) is 77.9 Å². The first kappa shape index (κ1) is 18.4. The molecule has 6 heteroatoms. The molecule has 0 atom stereocenters. The second-order valence-corrected chi connectivity index (χ2v) is 8.49. The van der Waals surface area contributed by atoms with Crippen LogP contribution in [0.5, 0.6) is 0 Å². The molecular formula is C21H26N4OS. The molecule has 0 radical (unpaired) electrons. The van der Waals surface area contributed by atoms with Gasteiger partial charge in [-0.1, -0.05) is 18.1 Å². The number of thiazole rings is 1. The molecule has 2 aliphatic heterocycles. The highest BCUT2D eigenvalue weighted by molar-refractivity contribution is 7.18. The van der Waals surface area contributed by atoms with Crippen molar-refractivity contribution in [3.63, 3.8) is 0 Å². The number of likely N-dealkylation sites (tertiary alicyclic amines) is 1. The first-order valence-electron chi connectivity index (χ1n) is 9.74. The predicted molar refractivity (Wildman–Crippen MR) is 110 cm³/mol. The Kier molecular flexibility index (Phi) is 5.72. The van der Waals surface area contributed by atoms with E-state index < -0.39 is 0 Å². The maximum Gasteiger partial charge on any atom is 0.236 e. The SMILES string of the molecule is C#CCN1CCN(C(=O)CN2CCC(c3nc4ccccc4s3)CC2)CC1. The number of rotatable bonds is 4. The van der Waals surface area contributed by atoms with Crippen molar-refractivity contribution in [3.8, 4) is 12.3 Å². The lowest BCUT2D eigenvalue weighted by atomic mass is 9.97. The molecule has 5 nitrogen and oxygen atoms in total. The second kappa shape index (κ2) is 8.39. The zero-order valence-electron chi connectivity index (χ0n) is 15.6. The van der Waals surface area contributed by atoms with Gasteiger partial charge in [0.05, 0.1) is 28.3 Å². The summed E-state index contributed by atoms with van der Waals surface area (Å²) in [5.41, 5.74) is 1.11. The zero-order chi connectivity index (χ0) is 18.6. The second-order valence-electron chi connectivity index (χ2n) is 7.43. The van der Waals surface area contributed by atoms with Crippen LogP contribution in [-0.2, 0) is 4.79 Å². The number of aromatic nitrogens is 1. The van der Waals surface area contributed by atoms with Gasteiger partial charge >= 0.3 is 0 Å². The topological polar surface area (TPSA) is 39.7 Å². The van der Waals surface area contributed by atoms with Gasteiger partial charge in [-0.05, 0) is 38.1 Å². The van der Waals surface area contributed by atoms with Crippen LogP contribution in [0.2, 0.25) is 0 Å². The van der Waals surface area contributed by atoms with Crippen LogP contribution in [0.4, 0.5) is 0 Å².